The normalized spacial score (nSPS) is 11.2. The number of carbonyl (C=O) groups excluding carboxylic acids is 2. The predicted molar refractivity (Wildman–Crippen MR) is 232 cm³/mol. The Labute approximate surface area is 341 Å². The molecule has 5 aromatic rings. The molecule has 0 aliphatic heterocycles. The van der Waals surface area contributed by atoms with Gasteiger partial charge in [0.1, 0.15) is 22.7 Å². The van der Waals surface area contributed by atoms with E-state index >= 15 is 0 Å². The molecule has 0 bridgehead atoms. The first-order valence-corrected chi connectivity index (χ1v) is 21.3. The van der Waals surface area contributed by atoms with Gasteiger partial charge in [-0.3, -0.25) is 9.59 Å². The van der Waals surface area contributed by atoms with Crippen LogP contribution in [0, 0.1) is 13.8 Å². The van der Waals surface area contributed by atoms with E-state index in [2.05, 4.69) is 10.6 Å². The van der Waals surface area contributed by atoms with E-state index in [1.54, 1.807) is 12.1 Å². The topological polar surface area (TPSA) is 137 Å². The summed E-state index contributed by atoms with van der Waals surface area (Å²) >= 11 is 0. The Kier molecular flexibility index (Phi) is 17.9. The van der Waals surface area contributed by atoms with E-state index in [9.17, 15) is 19.2 Å². The molecule has 0 saturated heterocycles. The van der Waals surface area contributed by atoms with Crippen molar-refractivity contribution in [1.82, 2.24) is 0 Å². The highest BCUT2D eigenvalue weighted by atomic mass is 16.5. The van der Waals surface area contributed by atoms with Crippen molar-refractivity contribution in [2.45, 2.75) is 129 Å². The summed E-state index contributed by atoms with van der Waals surface area (Å²) in [6, 6.07) is 21.6. The van der Waals surface area contributed by atoms with E-state index in [-0.39, 0.29) is 23.1 Å². The minimum atomic E-state index is -0.345. The summed E-state index contributed by atoms with van der Waals surface area (Å²) in [6.45, 7) is 5.07. The molecule has 5 rings (SSSR count). The van der Waals surface area contributed by atoms with E-state index in [1.165, 1.54) is 25.0 Å². The van der Waals surface area contributed by atoms with Gasteiger partial charge in [0.15, 0.2) is 0 Å². The van der Waals surface area contributed by atoms with E-state index in [4.69, 9.17) is 18.3 Å². The highest BCUT2D eigenvalue weighted by Gasteiger charge is 2.08. The number of fused-ring (bicyclic) bond motifs is 2. The number of benzene rings is 3. The van der Waals surface area contributed by atoms with Crippen molar-refractivity contribution in [2.24, 2.45) is 0 Å². The second-order valence-corrected chi connectivity index (χ2v) is 15.3. The largest absolute Gasteiger partial charge is 0.493 e. The summed E-state index contributed by atoms with van der Waals surface area (Å²) in [6.07, 6.45) is 18.2. The van der Waals surface area contributed by atoms with Crippen LogP contribution in [0.4, 0.5) is 11.4 Å². The molecule has 0 fully saturated rings. The van der Waals surface area contributed by atoms with Gasteiger partial charge in [-0.2, -0.15) is 0 Å². The van der Waals surface area contributed by atoms with Crippen LogP contribution in [0.3, 0.4) is 0 Å². The van der Waals surface area contributed by atoms with Crippen LogP contribution in [-0.4, -0.2) is 25.0 Å². The molecule has 0 aliphatic carbocycles. The van der Waals surface area contributed by atoms with Gasteiger partial charge in [0.25, 0.3) is 0 Å². The maximum atomic E-state index is 12.5. The zero-order valence-electron chi connectivity index (χ0n) is 34.3. The monoisotopic (exact) mass is 792 g/mol. The molecule has 2 aromatic heterocycles. The summed E-state index contributed by atoms with van der Waals surface area (Å²) in [5.74, 6) is 1.47. The molecule has 310 valence electrons. The van der Waals surface area contributed by atoms with Crippen LogP contribution >= 0.6 is 0 Å². The first-order chi connectivity index (χ1) is 28.2. The molecule has 0 spiro atoms. The smallest absolute Gasteiger partial charge is 0.336 e. The van der Waals surface area contributed by atoms with Crippen molar-refractivity contribution in [3.8, 4) is 11.5 Å². The highest BCUT2D eigenvalue weighted by Crippen LogP contribution is 2.24. The average molecular weight is 793 g/mol. The Morgan fingerprint density at radius 2 is 0.810 bits per heavy atom. The van der Waals surface area contributed by atoms with Crippen molar-refractivity contribution < 1.29 is 27.9 Å². The number of aryl methyl sites for hydroxylation is 2. The number of amides is 2. The van der Waals surface area contributed by atoms with Gasteiger partial charge < -0.3 is 28.9 Å². The molecular formula is C48H60N2O8. The van der Waals surface area contributed by atoms with Crippen LogP contribution in [0.15, 0.2) is 91.2 Å². The van der Waals surface area contributed by atoms with E-state index in [0.29, 0.717) is 37.2 Å². The van der Waals surface area contributed by atoms with Gasteiger partial charge in [-0.15, -0.1) is 0 Å². The van der Waals surface area contributed by atoms with Gasteiger partial charge in [-0.1, -0.05) is 77.0 Å². The lowest BCUT2D eigenvalue weighted by atomic mass is 10.1. The molecule has 2 heterocycles. The third-order valence-electron chi connectivity index (χ3n) is 10.4. The van der Waals surface area contributed by atoms with Gasteiger partial charge in [-0.05, 0) is 99.2 Å². The molecule has 10 nitrogen and oxygen atoms in total. The number of unbranched alkanes of at least 4 members (excludes halogenated alkanes) is 14. The summed E-state index contributed by atoms with van der Waals surface area (Å²) in [4.78, 5) is 48.2. The Hall–Kier alpha value is -5.38. The Balaban J connectivity index is 0.796. The van der Waals surface area contributed by atoms with Crippen molar-refractivity contribution >= 4 is 45.1 Å². The predicted octanol–water partition coefficient (Wildman–Crippen LogP) is 11.6. The Morgan fingerprint density at radius 3 is 1.19 bits per heavy atom. The third kappa shape index (κ3) is 15.2. The quantitative estimate of drug-likeness (QED) is 0.0417. The molecule has 0 radical (unpaired) electrons. The number of hydrogen-bond acceptors (Lipinski definition) is 8. The first-order valence-electron chi connectivity index (χ1n) is 21.3. The molecule has 0 aliphatic rings. The van der Waals surface area contributed by atoms with Crippen molar-refractivity contribution in [3.63, 3.8) is 0 Å². The van der Waals surface area contributed by atoms with Crippen molar-refractivity contribution in [2.75, 3.05) is 23.8 Å². The SMILES string of the molecule is Cc1cc(=O)oc2cc(OCCCCCCCCCCC(=O)Nc3ccc(NC(=O)CCCCCCCCCCOc4ccc5c(C)cc(=O)oc5c4)cc3)ccc12. The zero-order chi connectivity index (χ0) is 41.0. The maximum Gasteiger partial charge on any atom is 0.336 e. The van der Waals surface area contributed by atoms with Crippen LogP contribution in [0.2, 0.25) is 0 Å². The van der Waals surface area contributed by atoms with Gasteiger partial charge in [0, 0.05) is 59.3 Å². The minimum absolute atomic E-state index is 0.0138. The number of carbonyl (C=O) groups is 2. The van der Waals surface area contributed by atoms with E-state index in [1.807, 2.05) is 62.4 Å². The van der Waals surface area contributed by atoms with Crippen LogP contribution in [0.1, 0.15) is 127 Å². The van der Waals surface area contributed by atoms with Crippen LogP contribution < -0.4 is 31.4 Å². The second-order valence-electron chi connectivity index (χ2n) is 15.3. The third-order valence-corrected chi connectivity index (χ3v) is 10.4. The standard InChI is InChI=1S/C48H60N2O8/c1-35-31-47(53)57-43-33-39(25-27-41(35)43)55-29-17-13-9-5-3-7-11-15-19-45(51)49-37-21-23-38(24-22-37)50-46(52)20-16-12-8-4-6-10-14-18-30-56-40-26-28-42-36(2)32-48(54)58-44(42)34-40/h21-28,31-34H,3-20,29-30H2,1-2H3,(H,49,51)(H,50,52). The van der Waals surface area contributed by atoms with E-state index in [0.717, 1.165) is 135 Å². The molecule has 3 aromatic carbocycles. The summed E-state index contributed by atoms with van der Waals surface area (Å²) in [5, 5.41) is 7.78. The molecule has 0 unspecified atom stereocenters. The van der Waals surface area contributed by atoms with Crippen LogP contribution in [-0.2, 0) is 9.59 Å². The number of hydrogen-bond donors (Lipinski definition) is 2. The summed E-state index contributed by atoms with van der Waals surface area (Å²) in [5.41, 5.74) is 3.69. The van der Waals surface area contributed by atoms with Gasteiger partial charge in [-0.25, -0.2) is 9.59 Å². The van der Waals surface area contributed by atoms with Crippen molar-refractivity contribution in [3.05, 3.63) is 105 Å². The lowest BCUT2D eigenvalue weighted by Crippen LogP contribution is -2.12. The minimum Gasteiger partial charge on any atom is -0.493 e. The van der Waals surface area contributed by atoms with Crippen molar-refractivity contribution in [1.29, 1.82) is 0 Å². The summed E-state index contributed by atoms with van der Waals surface area (Å²) in [7, 11) is 0. The fourth-order valence-electron chi connectivity index (χ4n) is 7.15. The molecule has 0 saturated carbocycles. The molecule has 58 heavy (non-hydrogen) atoms. The van der Waals surface area contributed by atoms with Gasteiger partial charge in [0.05, 0.1) is 13.2 Å². The van der Waals surface area contributed by atoms with Gasteiger partial charge >= 0.3 is 11.3 Å². The fraction of sp³-hybridized carbons (Fsp3) is 0.458. The molecule has 10 heteroatoms. The maximum absolute atomic E-state index is 12.5. The van der Waals surface area contributed by atoms with Crippen LogP contribution in [0.5, 0.6) is 11.5 Å². The highest BCUT2D eigenvalue weighted by molar-refractivity contribution is 5.93. The zero-order valence-corrected chi connectivity index (χ0v) is 34.3. The molecule has 0 atom stereocenters. The number of rotatable bonds is 26. The molecule has 2 amide bonds. The molecular weight excluding hydrogens is 733 g/mol. The summed E-state index contributed by atoms with van der Waals surface area (Å²) < 4.78 is 22.3. The number of ether oxygens (including phenoxy) is 2. The fourth-order valence-corrected chi connectivity index (χ4v) is 7.15. The lowest BCUT2D eigenvalue weighted by Gasteiger charge is -2.09. The second kappa shape index (κ2) is 23.8. The number of nitrogens with one attached hydrogen (secondary N) is 2. The van der Waals surface area contributed by atoms with Gasteiger partial charge in [0.2, 0.25) is 11.8 Å². The Morgan fingerprint density at radius 1 is 0.466 bits per heavy atom. The molecule has 2 N–H and O–H groups in total. The number of anilines is 2. The Bertz CT molecular complexity index is 2020. The average Bonchev–Trinajstić information content (AvgIpc) is 3.19. The first kappa shape index (κ1) is 43.7. The van der Waals surface area contributed by atoms with E-state index < -0.39 is 0 Å². The lowest BCUT2D eigenvalue weighted by molar-refractivity contribution is -0.117. The van der Waals surface area contributed by atoms with Crippen LogP contribution in [0.25, 0.3) is 21.9 Å².